The fourth-order valence-corrected chi connectivity index (χ4v) is 3.76. The van der Waals surface area contributed by atoms with Gasteiger partial charge in [-0.2, -0.15) is 0 Å². The first-order valence-corrected chi connectivity index (χ1v) is 9.49. The predicted octanol–water partition coefficient (Wildman–Crippen LogP) is 1.06. The van der Waals surface area contributed by atoms with Gasteiger partial charge in [0.25, 0.3) is 0 Å². The molecule has 5 N–H and O–H groups in total. The minimum absolute atomic E-state index is 0.0869. The molecular formula is C18H24ClN5O3. The van der Waals surface area contributed by atoms with Crippen molar-refractivity contribution in [2.24, 2.45) is 5.73 Å². The van der Waals surface area contributed by atoms with E-state index in [9.17, 15) is 14.4 Å². The molecule has 0 saturated carbocycles. The Bertz CT molecular complexity index is 729. The molecule has 0 unspecified atom stereocenters. The van der Waals surface area contributed by atoms with Gasteiger partial charge in [-0.3, -0.25) is 9.59 Å². The van der Waals surface area contributed by atoms with Crippen molar-refractivity contribution < 1.29 is 14.4 Å². The standard InChI is InChI=1S/C18H24ClN5O3/c19-11-4-3-5-12(8-11)21-18(27)22-13-9-15-16(25)23-14(6-1-2-7-20)17(26)24(15)10-13/h3-5,8,13-15H,1-2,6-7,9-10,20H2,(H,23,25)(H2,21,22,27)/t13-,14-,15-/m0/s1. The van der Waals surface area contributed by atoms with E-state index in [2.05, 4.69) is 16.0 Å². The summed E-state index contributed by atoms with van der Waals surface area (Å²) >= 11 is 5.91. The van der Waals surface area contributed by atoms with Crippen molar-refractivity contribution in [1.82, 2.24) is 15.5 Å². The summed E-state index contributed by atoms with van der Waals surface area (Å²) in [7, 11) is 0. The molecule has 2 saturated heterocycles. The van der Waals surface area contributed by atoms with Crippen LogP contribution in [0.5, 0.6) is 0 Å². The first kappa shape index (κ1) is 19.4. The Balaban J connectivity index is 1.56. The highest BCUT2D eigenvalue weighted by Crippen LogP contribution is 2.24. The maximum absolute atomic E-state index is 12.6. The fourth-order valence-electron chi connectivity index (χ4n) is 3.57. The molecule has 146 valence electrons. The Kier molecular flexibility index (Phi) is 6.18. The monoisotopic (exact) mass is 393 g/mol. The molecule has 8 nitrogen and oxygen atoms in total. The molecule has 27 heavy (non-hydrogen) atoms. The lowest BCUT2D eigenvalue weighted by Gasteiger charge is -2.34. The third-order valence-electron chi connectivity index (χ3n) is 4.87. The van der Waals surface area contributed by atoms with Crippen LogP contribution in [0.2, 0.25) is 5.02 Å². The molecule has 2 heterocycles. The van der Waals surface area contributed by atoms with Crippen LogP contribution in [0.25, 0.3) is 0 Å². The summed E-state index contributed by atoms with van der Waals surface area (Å²) in [5.41, 5.74) is 6.06. The van der Waals surface area contributed by atoms with Crippen molar-refractivity contribution in [1.29, 1.82) is 0 Å². The summed E-state index contributed by atoms with van der Waals surface area (Å²) in [4.78, 5) is 38.8. The average molecular weight is 394 g/mol. The van der Waals surface area contributed by atoms with Gasteiger partial charge in [-0.15, -0.1) is 0 Å². The lowest BCUT2D eigenvalue weighted by Crippen LogP contribution is -2.61. The number of anilines is 1. The van der Waals surface area contributed by atoms with Gasteiger partial charge in [-0.25, -0.2) is 4.79 Å². The van der Waals surface area contributed by atoms with E-state index < -0.39 is 18.1 Å². The van der Waals surface area contributed by atoms with Crippen LogP contribution in [0.1, 0.15) is 25.7 Å². The summed E-state index contributed by atoms with van der Waals surface area (Å²) in [5.74, 6) is -0.247. The molecule has 2 fully saturated rings. The normalized spacial score (nSPS) is 24.4. The summed E-state index contributed by atoms with van der Waals surface area (Å²) in [6.07, 6.45) is 2.58. The van der Waals surface area contributed by atoms with Crippen LogP contribution < -0.4 is 21.7 Å². The van der Waals surface area contributed by atoms with E-state index in [0.29, 0.717) is 36.6 Å². The van der Waals surface area contributed by atoms with E-state index in [-0.39, 0.29) is 17.9 Å². The topological polar surface area (TPSA) is 117 Å². The van der Waals surface area contributed by atoms with Gasteiger partial charge in [-0.05, 0) is 50.4 Å². The summed E-state index contributed by atoms with van der Waals surface area (Å²) in [5, 5.41) is 8.86. The molecule has 4 amide bonds. The number of urea groups is 1. The number of nitrogens with two attached hydrogens (primary N) is 1. The summed E-state index contributed by atoms with van der Waals surface area (Å²) in [6, 6.07) is 5.11. The number of rotatable bonds is 6. The van der Waals surface area contributed by atoms with Crippen LogP contribution in [0.15, 0.2) is 24.3 Å². The first-order valence-electron chi connectivity index (χ1n) is 9.12. The lowest BCUT2D eigenvalue weighted by molar-refractivity contribution is -0.147. The molecular weight excluding hydrogens is 370 g/mol. The molecule has 0 bridgehead atoms. The molecule has 0 radical (unpaired) electrons. The quantitative estimate of drug-likeness (QED) is 0.540. The van der Waals surface area contributed by atoms with E-state index in [1.807, 2.05) is 0 Å². The SMILES string of the molecule is NCCCC[C@@H]1NC(=O)[C@@H]2C[C@H](NC(=O)Nc3cccc(Cl)c3)CN2C1=O. The largest absolute Gasteiger partial charge is 0.343 e. The van der Waals surface area contributed by atoms with Gasteiger partial charge >= 0.3 is 6.03 Å². The second-order valence-electron chi connectivity index (χ2n) is 6.89. The second-order valence-corrected chi connectivity index (χ2v) is 7.33. The van der Waals surface area contributed by atoms with Crippen LogP contribution in [-0.4, -0.2) is 54.0 Å². The molecule has 0 spiro atoms. The highest BCUT2D eigenvalue weighted by Gasteiger charge is 2.46. The number of unbranched alkanes of at least 4 members (excludes halogenated alkanes) is 1. The van der Waals surface area contributed by atoms with Gasteiger partial charge < -0.3 is 26.6 Å². The highest BCUT2D eigenvalue weighted by atomic mass is 35.5. The average Bonchev–Trinajstić information content (AvgIpc) is 3.04. The van der Waals surface area contributed by atoms with Crippen molar-refractivity contribution >= 4 is 35.1 Å². The number of piperazine rings is 1. The number of nitrogens with zero attached hydrogens (tertiary/aromatic N) is 1. The smallest absolute Gasteiger partial charge is 0.319 e. The van der Waals surface area contributed by atoms with Gasteiger partial charge in [0, 0.05) is 17.3 Å². The lowest BCUT2D eigenvalue weighted by atomic mass is 10.0. The Morgan fingerprint density at radius 1 is 1.33 bits per heavy atom. The van der Waals surface area contributed by atoms with Gasteiger partial charge in [0.1, 0.15) is 12.1 Å². The third-order valence-corrected chi connectivity index (χ3v) is 5.10. The number of carbonyl (C=O) groups is 3. The maximum Gasteiger partial charge on any atom is 0.319 e. The second kappa shape index (κ2) is 8.58. The molecule has 1 aromatic carbocycles. The van der Waals surface area contributed by atoms with E-state index in [0.717, 1.165) is 12.8 Å². The van der Waals surface area contributed by atoms with Crippen molar-refractivity contribution in [2.75, 3.05) is 18.4 Å². The summed E-state index contributed by atoms with van der Waals surface area (Å²) in [6.45, 7) is 0.891. The number of amides is 4. The minimum atomic E-state index is -0.528. The fraction of sp³-hybridized carbons (Fsp3) is 0.500. The number of fused-ring (bicyclic) bond motifs is 1. The van der Waals surface area contributed by atoms with E-state index in [4.69, 9.17) is 17.3 Å². The van der Waals surface area contributed by atoms with Gasteiger partial charge in [-0.1, -0.05) is 17.7 Å². The van der Waals surface area contributed by atoms with Gasteiger partial charge in [0.05, 0.1) is 6.04 Å². The molecule has 1 aromatic rings. The third kappa shape index (κ3) is 4.70. The zero-order valence-electron chi connectivity index (χ0n) is 14.9. The molecule has 0 aromatic heterocycles. The zero-order chi connectivity index (χ0) is 19.4. The molecule has 3 atom stereocenters. The Hall–Kier alpha value is -2.32. The molecule has 2 aliphatic rings. The Morgan fingerprint density at radius 2 is 2.15 bits per heavy atom. The molecule has 0 aliphatic carbocycles. The number of benzene rings is 1. The molecule has 2 aliphatic heterocycles. The number of halogens is 1. The van der Waals surface area contributed by atoms with Crippen LogP contribution >= 0.6 is 11.6 Å². The minimum Gasteiger partial charge on any atom is -0.343 e. The maximum atomic E-state index is 12.6. The number of carbonyl (C=O) groups excluding carboxylic acids is 3. The van der Waals surface area contributed by atoms with Crippen LogP contribution in [0.4, 0.5) is 10.5 Å². The van der Waals surface area contributed by atoms with E-state index in [1.54, 1.807) is 29.2 Å². The predicted molar refractivity (Wildman–Crippen MR) is 102 cm³/mol. The van der Waals surface area contributed by atoms with Crippen LogP contribution in [0.3, 0.4) is 0 Å². The van der Waals surface area contributed by atoms with Crippen molar-refractivity contribution in [3.05, 3.63) is 29.3 Å². The zero-order valence-corrected chi connectivity index (χ0v) is 15.7. The first-order chi connectivity index (χ1) is 13.0. The summed E-state index contributed by atoms with van der Waals surface area (Å²) < 4.78 is 0. The van der Waals surface area contributed by atoms with Crippen LogP contribution in [0, 0.1) is 0 Å². The Labute approximate surface area is 162 Å². The van der Waals surface area contributed by atoms with Gasteiger partial charge in [0.15, 0.2) is 0 Å². The number of hydrogen-bond acceptors (Lipinski definition) is 4. The van der Waals surface area contributed by atoms with Gasteiger partial charge in [0.2, 0.25) is 11.8 Å². The number of nitrogens with one attached hydrogen (secondary N) is 3. The molecule has 3 rings (SSSR count). The Morgan fingerprint density at radius 3 is 2.89 bits per heavy atom. The van der Waals surface area contributed by atoms with Crippen molar-refractivity contribution in [3.63, 3.8) is 0 Å². The van der Waals surface area contributed by atoms with Crippen LogP contribution in [-0.2, 0) is 9.59 Å². The highest BCUT2D eigenvalue weighted by molar-refractivity contribution is 6.30. The van der Waals surface area contributed by atoms with Crippen molar-refractivity contribution in [3.8, 4) is 0 Å². The molecule has 9 heteroatoms. The number of hydrogen-bond donors (Lipinski definition) is 4. The van der Waals surface area contributed by atoms with Crippen molar-refractivity contribution in [2.45, 2.75) is 43.8 Å². The van der Waals surface area contributed by atoms with E-state index >= 15 is 0 Å². The van der Waals surface area contributed by atoms with E-state index in [1.165, 1.54) is 0 Å².